The number of nitrogens with zero attached hydrogens (tertiary/aromatic N) is 2. The van der Waals surface area contributed by atoms with Crippen molar-refractivity contribution in [1.82, 2.24) is 15.3 Å². The summed E-state index contributed by atoms with van der Waals surface area (Å²) in [6, 6.07) is 11.2. The van der Waals surface area contributed by atoms with E-state index in [4.69, 9.17) is 11.6 Å². The lowest BCUT2D eigenvalue weighted by molar-refractivity contribution is 0.0947. The van der Waals surface area contributed by atoms with Crippen LogP contribution in [-0.2, 0) is 6.54 Å². The third-order valence-electron chi connectivity index (χ3n) is 3.24. The van der Waals surface area contributed by atoms with Crippen LogP contribution < -0.4 is 5.32 Å². The van der Waals surface area contributed by atoms with Crippen LogP contribution in [0.15, 0.2) is 48.8 Å². The van der Waals surface area contributed by atoms with Crippen LogP contribution in [0.1, 0.15) is 21.1 Å². The van der Waals surface area contributed by atoms with Gasteiger partial charge in [0.05, 0.1) is 9.88 Å². The largest absolute Gasteiger partial charge is 0.347 e. The molecule has 0 spiro atoms. The number of amides is 1. The fourth-order valence-electron chi connectivity index (χ4n) is 2.18. The number of halogens is 1. The second kappa shape index (κ2) is 6.89. The molecule has 6 heteroatoms. The summed E-state index contributed by atoms with van der Waals surface area (Å²) in [4.78, 5) is 21.7. The molecule has 3 aromatic rings. The molecule has 0 aliphatic rings. The highest BCUT2D eigenvalue weighted by Crippen LogP contribution is 2.34. The first-order valence-corrected chi connectivity index (χ1v) is 8.24. The zero-order valence-corrected chi connectivity index (χ0v) is 14.0. The summed E-state index contributed by atoms with van der Waals surface area (Å²) >= 11 is 7.72. The Morgan fingerprint density at radius 1 is 1.26 bits per heavy atom. The number of hydrogen-bond donors (Lipinski definition) is 1. The van der Waals surface area contributed by atoms with Gasteiger partial charge >= 0.3 is 0 Å². The number of carbonyl (C=O) groups excluding carboxylic acids is 1. The van der Waals surface area contributed by atoms with Crippen LogP contribution in [0.2, 0.25) is 5.02 Å². The molecule has 1 amide bonds. The molecule has 23 heavy (non-hydrogen) atoms. The van der Waals surface area contributed by atoms with Crippen molar-refractivity contribution in [1.29, 1.82) is 0 Å². The van der Waals surface area contributed by atoms with Crippen molar-refractivity contribution >= 4 is 28.8 Å². The molecule has 116 valence electrons. The zero-order valence-electron chi connectivity index (χ0n) is 12.4. The van der Waals surface area contributed by atoms with Gasteiger partial charge in [-0.2, -0.15) is 0 Å². The highest BCUT2D eigenvalue weighted by molar-refractivity contribution is 7.15. The number of rotatable bonds is 4. The van der Waals surface area contributed by atoms with Crippen molar-refractivity contribution in [3.8, 4) is 10.4 Å². The predicted molar refractivity (Wildman–Crippen MR) is 92.7 cm³/mol. The van der Waals surface area contributed by atoms with Gasteiger partial charge in [0.2, 0.25) is 0 Å². The second-order valence-corrected chi connectivity index (χ2v) is 6.54. The third kappa shape index (κ3) is 3.57. The van der Waals surface area contributed by atoms with Crippen LogP contribution in [0.25, 0.3) is 10.4 Å². The van der Waals surface area contributed by atoms with Crippen LogP contribution in [0.3, 0.4) is 0 Å². The van der Waals surface area contributed by atoms with E-state index in [0.717, 1.165) is 21.0 Å². The molecule has 0 aliphatic heterocycles. The van der Waals surface area contributed by atoms with Gasteiger partial charge in [-0.05, 0) is 24.6 Å². The van der Waals surface area contributed by atoms with Crippen molar-refractivity contribution in [3.63, 3.8) is 0 Å². The SMILES string of the molecule is Cc1nc(C(=O)NCc2cccnc2)c(-c2ccccc2Cl)s1. The van der Waals surface area contributed by atoms with Gasteiger partial charge in [0.25, 0.3) is 5.91 Å². The molecule has 1 aromatic carbocycles. The maximum Gasteiger partial charge on any atom is 0.271 e. The van der Waals surface area contributed by atoms with Gasteiger partial charge in [0.1, 0.15) is 5.69 Å². The lowest BCUT2D eigenvalue weighted by Gasteiger charge is -2.06. The van der Waals surface area contributed by atoms with Gasteiger partial charge < -0.3 is 5.32 Å². The number of pyridine rings is 1. The van der Waals surface area contributed by atoms with Crippen LogP contribution in [0, 0.1) is 6.92 Å². The molecule has 0 fully saturated rings. The summed E-state index contributed by atoms with van der Waals surface area (Å²) in [6.45, 7) is 2.29. The lowest BCUT2D eigenvalue weighted by atomic mass is 10.1. The molecule has 0 saturated carbocycles. The Labute approximate surface area is 143 Å². The monoisotopic (exact) mass is 343 g/mol. The van der Waals surface area contributed by atoms with Crippen molar-refractivity contribution in [3.05, 3.63) is 70.1 Å². The molecular weight excluding hydrogens is 330 g/mol. The molecule has 0 radical (unpaired) electrons. The van der Waals surface area contributed by atoms with E-state index in [1.54, 1.807) is 12.4 Å². The molecule has 0 saturated heterocycles. The second-order valence-electron chi connectivity index (χ2n) is 4.93. The third-order valence-corrected chi connectivity index (χ3v) is 4.58. The first-order chi connectivity index (χ1) is 11.1. The average molecular weight is 344 g/mol. The number of benzene rings is 1. The van der Waals surface area contributed by atoms with Crippen molar-refractivity contribution in [2.75, 3.05) is 0 Å². The summed E-state index contributed by atoms with van der Waals surface area (Å²) < 4.78 is 0. The molecule has 0 aliphatic carbocycles. The standard InChI is InChI=1S/C17H14ClN3OS/c1-11-21-15(16(23-11)13-6-2-3-7-14(13)18)17(22)20-10-12-5-4-8-19-9-12/h2-9H,10H2,1H3,(H,20,22). The van der Waals surface area contributed by atoms with Crippen LogP contribution >= 0.6 is 22.9 Å². The minimum atomic E-state index is -0.215. The Morgan fingerprint density at radius 2 is 2.09 bits per heavy atom. The summed E-state index contributed by atoms with van der Waals surface area (Å²) in [7, 11) is 0. The Hall–Kier alpha value is -2.24. The van der Waals surface area contributed by atoms with E-state index in [2.05, 4.69) is 15.3 Å². The Kier molecular flexibility index (Phi) is 4.69. The molecule has 0 unspecified atom stereocenters. The number of aromatic nitrogens is 2. The summed E-state index contributed by atoms with van der Waals surface area (Å²) in [6.07, 6.45) is 3.42. The van der Waals surface area contributed by atoms with Gasteiger partial charge in [-0.3, -0.25) is 9.78 Å². The van der Waals surface area contributed by atoms with Gasteiger partial charge in [0.15, 0.2) is 0 Å². The van der Waals surface area contributed by atoms with Crippen LogP contribution in [-0.4, -0.2) is 15.9 Å². The van der Waals surface area contributed by atoms with Gasteiger partial charge in [-0.15, -0.1) is 11.3 Å². The zero-order chi connectivity index (χ0) is 16.2. The summed E-state index contributed by atoms with van der Waals surface area (Å²) in [5.41, 5.74) is 2.17. The smallest absolute Gasteiger partial charge is 0.271 e. The first-order valence-electron chi connectivity index (χ1n) is 7.04. The minimum absolute atomic E-state index is 0.215. The maximum atomic E-state index is 12.5. The molecule has 0 bridgehead atoms. The van der Waals surface area contributed by atoms with Crippen LogP contribution in [0.5, 0.6) is 0 Å². The van der Waals surface area contributed by atoms with Gasteiger partial charge in [-0.25, -0.2) is 4.98 Å². The number of carbonyl (C=O) groups is 1. The van der Waals surface area contributed by atoms with Crippen LogP contribution in [0.4, 0.5) is 0 Å². The Balaban J connectivity index is 1.85. The quantitative estimate of drug-likeness (QED) is 0.776. The minimum Gasteiger partial charge on any atom is -0.347 e. The molecular formula is C17H14ClN3OS. The van der Waals surface area contributed by atoms with E-state index in [0.29, 0.717) is 17.3 Å². The highest BCUT2D eigenvalue weighted by Gasteiger charge is 2.19. The van der Waals surface area contributed by atoms with Crippen molar-refractivity contribution in [2.45, 2.75) is 13.5 Å². The summed E-state index contributed by atoms with van der Waals surface area (Å²) in [5.74, 6) is -0.215. The number of thiazole rings is 1. The molecule has 1 N–H and O–H groups in total. The number of aryl methyl sites for hydroxylation is 1. The number of hydrogen-bond acceptors (Lipinski definition) is 4. The van der Waals surface area contributed by atoms with Crippen molar-refractivity contribution in [2.24, 2.45) is 0 Å². The normalized spacial score (nSPS) is 10.5. The van der Waals surface area contributed by atoms with Gasteiger partial charge in [-0.1, -0.05) is 35.9 Å². The summed E-state index contributed by atoms with van der Waals surface area (Å²) in [5, 5.41) is 4.31. The van der Waals surface area contributed by atoms with E-state index >= 15 is 0 Å². The van der Waals surface area contributed by atoms with E-state index in [1.807, 2.05) is 43.3 Å². The van der Waals surface area contributed by atoms with E-state index in [-0.39, 0.29) is 5.91 Å². The fraction of sp³-hybridized carbons (Fsp3) is 0.118. The highest BCUT2D eigenvalue weighted by atomic mass is 35.5. The Morgan fingerprint density at radius 3 is 2.83 bits per heavy atom. The maximum absolute atomic E-state index is 12.5. The topological polar surface area (TPSA) is 54.9 Å². The number of nitrogens with one attached hydrogen (secondary N) is 1. The lowest BCUT2D eigenvalue weighted by Crippen LogP contribution is -2.23. The molecule has 2 heterocycles. The first kappa shape index (κ1) is 15.6. The Bertz CT molecular complexity index is 833. The van der Waals surface area contributed by atoms with E-state index < -0.39 is 0 Å². The molecule has 0 atom stereocenters. The van der Waals surface area contributed by atoms with E-state index in [1.165, 1.54) is 11.3 Å². The molecule has 2 aromatic heterocycles. The average Bonchev–Trinajstić information content (AvgIpc) is 2.96. The van der Waals surface area contributed by atoms with E-state index in [9.17, 15) is 4.79 Å². The van der Waals surface area contributed by atoms with Crippen molar-refractivity contribution < 1.29 is 4.79 Å². The molecule has 4 nitrogen and oxygen atoms in total. The molecule has 3 rings (SSSR count). The fourth-order valence-corrected chi connectivity index (χ4v) is 3.42. The van der Waals surface area contributed by atoms with Gasteiger partial charge in [0, 0.05) is 29.5 Å². The predicted octanol–water partition coefficient (Wildman–Crippen LogP) is 4.10.